The minimum atomic E-state index is -4.29. The van der Waals surface area contributed by atoms with Gasteiger partial charge in [-0.3, -0.25) is 13.6 Å². The predicted octanol–water partition coefficient (Wildman–Crippen LogP) is 1.44. The molecule has 23 heavy (non-hydrogen) atoms. The van der Waals surface area contributed by atoms with Crippen molar-refractivity contribution in [2.24, 2.45) is 5.92 Å². The third-order valence-electron chi connectivity index (χ3n) is 3.39. The van der Waals surface area contributed by atoms with Crippen molar-refractivity contribution < 1.29 is 37.6 Å². The lowest BCUT2D eigenvalue weighted by Gasteiger charge is -2.29. The molecule has 1 fully saturated rings. The first-order chi connectivity index (χ1) is 10.2. The van der Waals surface area contributed by atoms with Gasteiger partial charge in [0.2, 0.25) is 0 Å². The lowest BCUT2D eigenvalue weighted by atomic mass is 9.84. The summed E-state index contributed by atoms with van der Waals surface area (Å²) < 4.78 is 38.8. The minimum Gasteiger partial charge on any atom is -0.378 e. The average Bonchev–Trinajstić information content (AvgIpc) is 2.58. The van der Waals surface area contributed by atoms with Crippen LogP contribution < -0.4 is 0 Å². The Hall–Kier alpha value is 0.0249. The molecule has 1 aliphatic rings. The van der Waals surface area contributed by atoms with Gasteiger partial charge in [-0.1, -0.05) is 6.08 Å². The van der Waals surface area contributed by atoms with Crippen LogP contribution in [0.5, 0.6) is 0 Å². The van der Waals surface area contributed by atoms with Crippen LogP contribution in [-0.2, 0) is 22.9 Å². The molecule has 2 unspecified atom stereocenters. The normalized spacial score (nSPS) is 32.3. The van der Waals surface area contributed by atoms with E-state index in [0.29, 0.717) is 6.42 Å². The molecule has 0 aromatic heterocycles. The molecule has 0 spiro atoms. The highest BCUT2D eigenvalue weighted by molar-refractivity contribution is 7.55. The maximum absolute atomic E-state index is 12.1. The van der Waals surface area contributed by atoms with Crippen molar-refractivity contribution in [3.05, 3.63) is 11.9 Å². The van der Waals surface area contributed by atoms with Crippen molar-refractivity contribution in [3.8, 4) is 0 Å². The Morgan fingerprint density at radius 3 is 2.17 bits per heavy atom. The van der Waals surface area contributed by atoms with Crippen molar-refractivity contribution in [2.75, 3.05) is 7.11 Å². The fraction of sp³-hybridized carbons (Fsp3) is 0.833. The fourth-order valence-corrected chi connectivity index (χ4v) is 4.49. The summed E-state index contributed by atoms with van der Waals surface area (Å²) in [4.78, 5) is 27.8. The van der Waals surface area contributed by atoms with Crippen LogP contribution in [-0.4, -0.2) is 47.4 Å². The molecule has 3 N–H and O–H groups in total. The topological polar surface area (TPSA) is 123 Å². The molecule has 0 bridgehead atoms. The van der Waals surface area contributed by atoms with E-state index in [1.807, 2.05) is 7.85 Å². The Morgan fingerprint density at radius 2 is 1.74 bits per heavy atom. The van der Waals surface area contributed by atoms with Crippen molar-refractivity contribution >= 4 is 23.3 Å². The monoisotopic (exact) mass is 370 g/mol. The fourth-order valence-electron chi connectivity index (χ4n) is 2.67. The van der Waals surface area contributed by atoms with Gasteiger partial charge in [0.25, 0.3) is 0 Å². The summed E-state index contributed by atoms with van der Waals surface area (Å²) in [5, 5.41) is 0. The zero-order chi connectivity index (χ0) is 18.1. The summed E-state index contributed by atoms with van der Waals surface area (Å²) in [6.07, 6.45) is 0.568. The molecule has 5 atom stereocenters. The zero-order valence-electron chi connectivity index (χ0n) is 13.9. The van der Waals surface area contributed by atoms with E-state index in [2.05, 4.69) is 0 Å². The van der Waals surface area contributed by atoms with E-state index < -0.39 is 33.2 Å². The van der Waals surface area contributed by atoms with Gasteiger partial charge in [0, 0.05) is 18.8 Å². The van der Waals surface area contributed by atoms with Crippen LogP contribution in [0.25, 0.3) is 0 Å². The molecule has 8 nitrogen and oxygen atoms in total. The highest BCUT2D eigenvalue weighted by atomic mass is 31.2. The van der Waals surface area contributed by atoms with Gasteiger partial charge in [-0.25, -0.2) is 4.57 Å². The molecule has 1 saturated carbocycles. The van der Waals surface area contributed by atoms with E-state index in [1.165, 1.54) is 13.2 Å². The quantitative estimate of drug-likeness (QED) is 0.474. The Kier molecular flexibility index (Phi) is 6.87. The third-order valence-corrected chi connectivity index (χ3v) is 5.24. The number of ether oxygens (including phenoxy) is 1. The van der Waals surface area contributed by atoms with Gasteiger partial charge < -0.3 is 19.4 Å². The Balaban J connectivity index is 2.89. The van der Waals surface area contributed by atoms with Crippen LogP contribution in [0, 0.1) is 5.92 Å². The second kappa shape index (κ2) is 7.50. The SMILES string of the molecule is BC1C[C@H](/C=C/P(=O)(O)O)[C@@H](OC)[C@H]1OP(=O)(O)OC(C)(C)C. The summed E-state index contributed by atoms with van der Waals surface area (Å²) in [7, 11) is -5.32. The van der Waals surface area contributed by atoms with Gasteiger partial charge in [-0.05, 0) is 33.0 Å². The number of methoxy groups -OCH3 is 1. The van der Waals surface area contributed by atoms with Crippen molar-refractivity contribution in [2.45, 2.75) is 50.8 Å². The smallest absolute Gasteiger partial charge is 0.378 e. The van der Waals surface area contributed by atoms with E-state index in [0.717, 1.165) is 5.82 Å². The van der Waals surface area contributed by atoms with Gasteiger partial charge in [0.05, 0.1) is 17.8 Å². The van der Waals surface area contributed by atoms with Gasteiger partial charge in [0.1, 0.15) is 7.85 Å². The van der Waals surface area contributed by atoms with E-state index in [4.69, 9.17) is 23.6 Å². The molecule has 0 heterocycles. The van der Waals surface area contributed by atoms with Gasteiger partial charge >= 0.3 is 15.4 Å². The second-order valence-corrected chi connectivity index (χ2v) is 9.56. The molecule has 0 amide bonds. The molecule has 1 aliphatic carbocycles. The highest BCUT2D eigenvalue weighted by Crippen LogP contribution is 2.53. The van der Waals surface area contributed by atoms with E-state index in [1.54, 1.807) is 20.8 Å². The molecule has 134 valence electrons. The first kappa shape index (κ1) is 21.1. The summed E-state index contributed by atoms with van der Waals surface area (Å²) in [5.41, 5.74) is -0.853. The van der Waals surface area contributed by atoms with Crippen LogP contribution >= 0.6 is 15.4 Å². The Labute approximate surface area is 137 Å². The van der Waals surface area contributed by atoms with Crippen LogP contribution in [0.15, 0.2) is 11.9 Å². The number of rotatable bonds is 6. The molecule has 11 heteroatoms. The van der Waals surface area contributed by atoms with E-state index >= 15 is 0 Å². The molecule has 0 aliphatic heterocycles. The summed E-state index contributed by atoms with van der Waals surface area (Å²) >= 11 is 0. The summed E-state index contributed by atoms with van der Waals surface area (Å²) in [6.45, 7) is 4.91. The maximum atomic E-state index is 12.1. The van der Waals surface area contributed by atoms with Crippen LogP contribution in [0.4, 0.5) is 0 Å². The molecule has 0 radical (unpaired) electrons. The van der Waals surface area contributed by atoms with Crippen molar-refractivity contribution in [1.29, 1.82) is 0 Å². The number of hydrogen-bond acceptors (Lipinski definition) is 5. The molecule has 0 saturated heterocycles. The van der Waals surface area contributed by atoms with Crippen molar-refractivity contribution in [3.63, 3.8) is 0 Å². The number of phosphoric ester groups is 1. The predicted molar refractivity (Wildman–Crippen MR) is 87.9 cm³/mol. The van der Waals surface area contributed by atoms with Gasteiger partial charge in [0.15, 0.2) is 0 Å². The third kappa shape index (κ3) is 7.20. The first-order valence-corrected chi connectivity index (χ1v) is 10.4. The highest BCUT2D eigenvalue weighted by Gasteiger charge is 2.45. The van der Waals surface area contributed by atoms with Crippen LogP contribution in [0.3, 0.4) is 0 Å². The van der Waals surface area contributed by atoms with E-state index in [-0.39, 0.29) is 11.7 Å². The van der Waals surface area contributed by atoms with Crippen LogP contribution in [0.1, 0.15) is 27.2 Å². The van der Waals surface area contributed by atoms with Gasteiger partial charge in [-0.2, -0.15) is 0 Å². The second-order valence-electron chi connectivity index (χ2n) is 6.75. The minimum absolute atomic E-state index is 0.143. The summed E-state index contributed by atoms with van der Waals surface area (Å²) in [6, 6.07) is 0. The lowest BCUT2D eigenvalue weighted by Crippen LogP contribution is -2.31. The largest absolute Gasteiger partial charge is 0.473 e. The lowest BCUT2D eigenvalue weighted by molar-refractivity contribution is -0.0215. The average molecular weight is 370 g/mol. The van der Waals surface area contributed by atoms with Crippen LogP contribution in [0.2, 0.25) is 5.82 Å². The molecule has 1 rings (SSSR count). The first-order valence-electron chi connectivity index (χ1n) is 7.23. The molecule has 0 aromatic rings. The molecular formula is C12H25BO8P2. The Bertz CT molecular complexity index is 526. The maximum Gasteiger partial charge on any atom is 0.473 e. The standard InChI is InChI=1S/C12H25BO8P2/c1-12(2,3)21-23(17,18)20-11-9(13)7-8(10(11)19-4)5-6-22(14,15)16/h5-6,8-11H,7,13H2,1-4H3,(H,17,18)(H2,14,15,16)/b6-5+/t8-,9?,10+,11-/m0/s1. The number of phosphoric acid groups is 1. The molecule has 0 aromatic carbocycles. The Morgan fingerprint density at radius 1 is 1.17 bits per heavy atom. The summed E-state index contributed by atoms with van der Waals surface area (Å²) in [5.74, 6) is 0.348. The van der Waals surface area contributed by atoms with E-state index in [9.17, 15) is 14.0 Å². The van der Waals surface area contributed by atoms with Crippen molar-refractivity contribution in [1.82, 2.24) is 0 Å². The zero-order valence-corrected chi connectivity index (χ0v) is 15.7. The number of hydrogen-bond donors (Lipinski definition) is 3. The van der Waals surface area contributed by atoms with Gasteiger partial charge in [-0.15, -0.1) is 0 Å². The molecular weight excluding hydrogens is 345 g/mol.